The van der Waals surface area contributed by atoms with Crippen molar-refractivity contribution in [1.82, 2.24) is 10.6 Å². The van der Waals surface area contributed by atoms with E-state index in [2.05, 4.69) is 88.1 Å². The molecule has 0 bridgehead atoms. The van der Waals surface area contributed by atoms with E-state index in [1.807, 2.05) is 0 Å². The summed E-state index contributed by atoms with van der Waals surface area (Å²) >= 11 is 5.91. The fourth-order valence-corrected chi connectivity index (χ4v) is 2.37. The second-order valence-corrected chi connectivity index (χ2v) is 7.19. The largest absolute Gasteiger partial charge is 0.311 e. The highest BCUT2D eigenvalue weighted by atomic mass is 127. The summed E-state index contributed by atoms with van der Waals surface area (Å²) in [4.78, 5) is 0. The molecule has 0 fully saturated rings. The molecule has 96 valence electrons. The molecule has 17 heavy (non-hydrogen) atoms. The molecular weight excluding hydrogens is 391 g/mol. The van der Waals surface area contributed by atoms with Gasteiger partial charge in [-0.3, -0.25) is 0 Å². The molecule has 0 aliphatic rings. The minimum atomic E-state index is 0.199. The first-order chi connectivity index (χ1) is 7.88. The van der Waals surface area contributed by atoms with Crippen molar-refractivity contribution in [3.8, 4) is 0 Å². The average Bonchev–Trinajstić information content (AvgIpc) is 2.21. The normalized spacial score (nSPS) is 11.8. The van der Waals surface area contributed by atoms with Crippen molar-refractivity contribution in [2.75, 3.05) is 13.1 Å². The molecule has 0 spiro atoms. The van der Waals surface area contributed by atoms with Gasteiger partial charge in [-0.25, -0.2) is 0 Å². The van der Waals surface area contributed by atoms with Gasteiger partial charge in [0.05, 0.1) is 0 Å². The lowest BCUT2D eigenvalue weighted by atomic mass is 10.1. The number of halogens is 2. The summed E-state index contributed by atoms with van der Waals surface area (Å²) in [5.74, 6) is 0. The van der Waals surface area contributed by atoms with Gasteiger partial charge in [0, 0.05) is 33.2 Å². The predicted octanol–water partition coefficient (Wildman–Crippen LogP) is 3.53. The Balaban J connectivity index is 2.29. The second-order valence-electron chi connectivity index (χ2n) is 5.09. The lowest BCUT2D eigenvalue weighted by Crippen LogP contribution is -2.40. The maximum Gasteiger partial charge on any atom is 0.0220 e. The first-order valence-corrected chi connectivity index (χ1v) is 7.65. The van der Waals surface area contributed by atoms with Crippen molar-refractivity contribution in [3.05, 3.63) is 31.8 Å². The molecule has 0 radical (unpaired) electrons. The van der Waals surface area contributed by atoms with Gasteiger partial charge in [-0.05, 0) is 67.1 Å². The van der Waals surface area contributed by atoms with Crippen LogP contribution >= 0.6 is 38.5 Å². The van der Waals surface area contributed by atoms with E-state index >= 15 is 0 Å². The van der Waals surface area contributed by atoms with E-state index in [0.29, 0.717) is 0 Å². The summed E-state index contributed by atoms with van der Waals surface area (Å²) in [5.41, 5.74) is 1.51. The van der Waals surface area contributed by atoms with Crippen LogP contribution in [0.3, 0.4) is 0 Å². The Morgan fingerprint density at radius 1 is 1.24 bits per heavy atom. The Bertz CT molecular complexity index is 361. The minimum absolute atomic E-state index is 0.199. The lowest BCUT2D eigenvalue weighted by molar-refractivity contribution is 0.421. The topological polar surface area (TPSA) is 24.1 Å². The highest BCUT2D eigenvalue weighted by molar-refractivity contribution is 14.1. The second kappa shape index (κ2) is 7.07. The summed E-state index contributed by atoms with van der Waals surface area (Å²) in [7, 11) is 0. The summed E-state index contributed by atoms with van der Waals surface area (Å²) in [6, 6.07) is 6.41. The van der Waals surface area contributed by atoms with Crippen LogP contribution in [0.25, 0.3) is 0 Å². The van der Waals surface area contributed by atoms with Gasteiger partial charge in [0.2, 0.25) is 0 Å². The molecule has 1 rings (SSSR count). The molecule has 0 heterocycles. The molecule has 0 saturated carbocycles. The van der Waals surface area contributed by atoms with E-state index in [1.165, 1.54) is 13.6 Å². The minimum Gasteiger partial charge on any atom is -0.311 e. The fraction of sp³-hybridized carbons (Fsp3) is 0.538. The number of hydrogen-bond donors (Lipinski definition) is 2. The molecule has 1 aromatic carbocycles. The van der Waals surface area contributed by atoms with Crippen molar-refractivity contribution in [2.45, 2.75) is 32.9 Å². The molecule has 0 amide bonds. The number of nitrogens with one attached hydrogen (secondary N) is 2. The summed E-state index contributed by atoms with van der Waals surface area (Å²) in [6.07, 6.45) is 0. The zero-order chi connectivity index (χ0) is 12.9. The van der Waals surface area contributed by atoms with E-state index in [-0.39, 0.29) is 5.54 Å². The lowest BCUT2D eigenvalue weighted by Gasteiger charge is -2.20. The van der Waals surface area contributed by atoms with E-state index < -0.39 is 0 Å². The SMILES string of the molecule is CC(C)(C)NCCNCc1cc(I)ccc1Br. The Kier molecular flexibility index (Phi) is 6.40. The molecule has 1 aromatic rings. The van der Waals surface area contributed by atoms with Gasteiger partial charge in [0.15, 0.2) is 0 Å². The standard InChI is InChI=1S/C13H20BrIN2/c1-13(2,3)17-7-6-16-9-10-8-11(15)4-5-12(10)14/h4-5,8,16-17H,6-7,9H2,1-3H3. The van der Waals surface area contributed by atoms with Gasteiger partial charge in [-0.1, -0.05) is 15.9 Å². The molecular formula is C13H20BrIN2. The van der Waals surface area contributed by atoms with Crippen LogP contribution in [0.15, 0.2) is 22.7 Å². The molecule has 0 aliphatic heterocycles. The molecule has 0 unspecified atom stereocenters. The van der Waals surface area contributed by atoms with Crippen molar-refractivity contribution < 1.29 is 0 Å². The predicted molar refractivity (Wildman–Crippen MR) is 86.3 cm³/mol. The third-order valence-electron chi connectivity index (χ3n) is 2.28. The average molecular weight is 411 g/mol. The van der Waals surface area contributed by atoms with Crippen LogP contribution in [0, 0.1) is 3.57 Å². The van der Waals surface area contributed by atoms with E-state index in [0.717, 1.165) is 19.6 Å². The molecule has 0 aromatic heterocycles. The third-order valence-corrected chi connectivity index (χ3v) is 3.72. The maximum atomic E-state index is 3.57. The van der Waals surface area contributed by atoms with Crippen LogP contribution in [0.4, 0.5) is 0 Å². The molecule has 0 aliphatic carbocycles. The first kappa shape index (κ1) is 15.4. The van der Waals surface area contributed by atoms with Crippen molar-refractivity contribution >= 4 is 38.5 Å². The van der Waals surface area contributed by atoms with Crippen molar-refractivity contribution in [3.63, 3.8) is 0 Å². The molecule has 2 N–H and O–H groups in total. The first-order valence-electron chi connectivity index (χ1n) is 5.78. The van der Waals surface area contributed by atoms with Crippen molar-refractivity contribution in [1.29, 1.82) is 0 Å². The number of rotatable bonds is 5. The van der Waals surface area contributed by atoms with Crippen LogP contribution in [-0.4, -0.2) is 18.6 Å². The van der Waals surface area contributed by atoms with Gasteiger partial charge in [-0.15, -0.1) is 0 Å². The zero-order valence-electron chi connectivity index (χ0n) is 10.6. The zero-order valence-corrected chi connectivity index (χ0v) is 14.4. The molecule has 4 heteroatoms. The summed E-state index contributed by atoms with van der Waals surface area (Å²) < 4.78 is 2.45. The van der Waals surface area contributed by atoms with E-state index in [1.54, 1.807) is 0 Å². The quantitative estimate of drug-likeness (QED) is 0.573. The van der Waals surface area contributed by atoms with Crippen LogP contribution < -0.4 is 10.6 Å². The van der Waals surface area contributed by atoms with Crippen LogP contribution in [-0.2, 0) is 6.54 Å². The van der Waals surface area contributed by atoms with Crippen LogP contribution in [0.1, 0.15) is 26.3 Å². The number of benzene rings is 1. The monoisotopic (exact) mass is 410 g/mol. The van der Waals surface area contributed by atoms with Gasteiger partial charge in [0.25, 0.3) is 0 Å². The fourth-order valence-electron chi connectivity index (χ4n) is 1.43. The third kappa shape index (κ3) is 6.74. The van der Waals surface area contributed by atoms with E-state index in [9.17, 15) is 0 Å². The Labute approximate surface area is 126 Å². The maximum absolute atomic E-state index is 3.57. The van der Waals surface area contributed by atoms with Crippen LogP contribution in [0.5, 0.6) is 0 Å². The summed E-state index contributed by atoms with van der Waals surface area (Å²) in [5, 5.41) is 6.90. The Morgan fingerprint density at radius 2 is 1.94 bits per heavy atom. The Hall–Kier alpha value is 0.350. The van der Waals surface area contributed by atoms with Gasteiger partial charge in [0.1, 0.15) is 0 Å². The Morgan fingerprint density at radius 3 is 2.59 bits per heavy atom. The van der Waals surface area contributed by atoms with Gasteiger partial charge < -0.3 is 10.6 Å². The highest BCUT2D eigenvalue weighted by Crippen LogP contribution is 2.19. The highest BCUT2D eigenvalue weighted by Gasteiger charge is 2.07. The molecule has 0 atom stereocenters. The summed E-state index contributed by atoms with van der Waals surface area (Å²) in [6.45, 7) is 9.43. The van der Waals surface area contributed by atoms with Crippen LogP contribution in [0.2, 0.25) is 0 Å². The van der Waals surface area contributed by atoms with Gasteiger partial charge >= 0.3 is 0 Å². The van der Waals surface area contributed by atoms with Crippen molar-refractivity contribution in [2.24, 2.45) is 0 Å². The van der Waals surface area contributed by atoms with Gasteiger partial charge in [-0.2, -0.15) is 0 Å². The smallest absolute Gasteiger partial charge is 0.0220 e. The molecule has 2 nitrogen and oxygen atoms in total. The van der Waals surface area contributed by atoms with E-state index in [4.69, 9.17) is 0 Å². The number of hydrogen-bond acceptors (Lipinski definition) is 2. The molecule has 0 saturated heterocycles.